The zero-order chi connectivity index (χ0) is 6.95. The minimum Gasteiger partial charge on any atom is -0.500 e. The van der Waals surface area contributed by atoms with E-state index in [9.17, 15) is 0 Å². The van der Waals surface area contributed by atoms with E-state index in [0.29, 0.717) is 13.2 Å². The van der Waals surface area contributed by atoms with E-state index in [0.717, 1.165) is 6.54 Å². The lowest BCUT2D eigenvalue weighted by molar-refractivity contribution is 0.240. The van der Waals surface area contributed by atoms with E-state index in [1.54, 1.807) is 0 Å². The van der Waals surface area contributed by atoms with Gasteiger partial charge in [0, 0.05) is 13.1 Å². The molecule has 0 saturated carbocycles. The van der Waals surface area contributed by atoms with E-state index in [4.69, 9.17) is 9.84 Å². The van der Waals surface area contributed by atoms with Crippen LogP contribution < -0.4 is 5.32 Å². The van der Waals surface area contributed by atoms with Gasteiger partial charge in [0.2, 0.25) is 0 Å². The van der Waals surface area contributed by atoms with Crippen molar-refractivity contribution in [3.8, 4) is 0 Å². The molecule has 0 rings (SSSR count). The highest BCUT2D eigenvalue weighted by molar-refractivity contribution is 4.50. The molecular weight excluding hydrogens is 118 g/mol. The van der Waals surface area contributed by atoms with Gasteiger partial charge in [0.15, 0.2) is 0 Å². The van der Waals surface area contributed by atoms with E-state index >= 15 is 0 Å². The molecule has 0 fully saturated rings. The number of ether oxygens (including phenoxy) is 1. The first-order chi connectivity index (χ1) is 4.41. The standard InChI is InChI=1S/C6H13NO2/c1-2-9-6-4-7-3-5-8/h2,7-8H,1,3-6H2. The summed E-state index contributed by atoms with van der Waals surface area (Å²) in [6, 6.07) is 0. The molecule has 0 aromatic heterocycles. The summed E-state index contributed by atoms with van der Waals surface area (Å²) in [6.07, 6.45) is 1.40. The van der Waals surface area contributed by atoms with Gasteiger partial charge in [-0.3, -0.25) is 0 Å². The van der Waals surface area contributed by atoms with E-state index in [2.05, 4.69) is 11.9 Å². The highest BCUT2D eigenvalue weighted by Gasteiger charge is 1.82. The number of hydrogen-bond acceptors (Lipinski definition) is 3. The van der Waals surface area contributed by atoms with Crippen molar-refractivity contribution in [2.45, 2.75) is 0 Å². The van der Waals surface area contributed by atoms with Gasteiger partial charge in [-0.05, 0) is 0 Å². The zero-order valence-electron chi connectivity index (χ0n) is 5.47. The Kier molecular flexibility index (Phi) is 7.01. The van der Waals surface area contributed by atoms with Crippen molar-refractivity contribution in [1.82, 2.24) is 5.32 Å². The summed E-state index contributed by atoms with van der Waals surface area (Å²) >= 11 is 0. The SMILES string of the molecule is C=COCCNCCO. The molecule has 9 heavy (non-hydrogen) atoms. The summed E-state index contributed by atoms with van der Waals surface area (Å²) in [6.45, 7) is 5.55. The maximum atomic E-state index is 8.30. The van der Waals surface area contributed by atoms with Gasteiger partial charge in [-0.1, -0.05) is 6.58 Å². The molecule has 0 aromatic carbocycles. The molecule has 3 nitrogen and oxygen atoms in total. The van der Waals surface area contributed by atoms with Crippen molar-refractivity contribution >= 4 is 0 Å². The van der Waals surface area contributed by atoms with E-state index in [1.807, 2.05) is 0 Å². The Morgan fingerprint density at radius 2 is 2.33 bits per heavy atom. The Labute approximate surface area is 55.3 Å². The first kappa shape index (κ1) is 8.46. The molecule has 0 aliphatic rings. The number of aliphatic hydroxyl groups excluding tert-OH is 1. The molecule has 0 unspecified atom stereocenters. The van der Waals surface area contributed by atoms with Gasteiger partial charge < -0.3 is 15.2 Å². The van der Waals surface area contributed by atoms with Crippen molar-refractivity contribution < 1.29 is 9.84 Å². The van der Waals surface area contributed by atoms with Crippen LogP contribution in [0, 0.1) is 0 Å². The topological polar surface area (TPSA) is 41.5 Å². The van der Waals surface area contributed by atoms with Crippen LogP contribution >= 0.6 is 0 Å². The van der Waals surface area contributed by atoms with Crippen LogP contribution in [0.15, 0.2) is 12.8 Å². The Morgan fingerprint density at radius 1 is 1.56 bits per heavy atom. The molecule has 3 heteroatoms. The van der Waals surface area contributed by atoms with Crippen LogP contribution in [0.5, 0.6) is 0 Å². The molecule has 54 valence electrons. The first-order valence-electron chi connectivity index (χ1n) is 2.96. The molecule has 0 aliphatic heterocycles. The lowest BCUT2D eigenvalue weighted by Crippen LogP contribution is -2.22. The van der Waals surface area contributed by atoms with Crippen molar-refractivity contribution in [3.63, 3.8) is 0 Å². The molecule has 0 aliphatic carbocycles. The van der Waals surface area contributed by atoms with Gasteiger partial charge in [-0.2, -0.15) is 0 Å². The molecule has 0 radical (unpaired) electrons. The van der Waals surface area contributed by atoms with Gasteiger partial charge in [0.05, 0.1) is 19.5 Å². The molecule has 0 heterocycles. The van der Waals surface area contributed by atoms with E-state index < -0.39 is 0 Å². The summed E-state index contributed by atoms with van der Waals surface area (Å²) in [5.74, 6) is 0. The number of aliphatic hydroxyl groups is 1. The van der Waals surface area contributed by atoms with Gasteiger partial charge >= 0.3 is 0 Å². The average Bonchev–Trinajstić information content (AvgIpc) is 1.89. The van der Waals surface area contributed by atoms with Gasteiger partial charge in [-0.25, -0.2) is 0 Å². The van der Waals surface area contributed by atoms with Crippen LogP contribution in [0.1, 0.15) is 0 Å². The Hall–Kier alpha value is -0.540. The minimum absolute atomic E-state index is 0.175. The zero-order valence-corrected chi connectivity index (χ0v) is 5.47. The van der Waals surface area contributed by atoms with Gasteiger partial charge in [-0.15, -0.1) is 0 Å². The molecule has 0 spiro atoms. The fourth-order valence-corrected chi connectivity index (χ4v) is 0.418. The summed E-state index contributed by atoms with van der Waals surface area (Å²) in [5, 5.41) is 11.2. The first-order valence-corrected chi connectivity index (χ1v) is 2.96. The molecule has 2 N–H and O–H groups in total. The van der Waals surface area contributed by atoms with Crippen molar-refractivity contribution in [1.29, 1.82) is 0 Å². The van der Waals surface area contributed by atoms with Crippen molar-refractivity contribution in [3.05, 3.63) is 12.8 Å². The molecule has 0 aromatic rings. The quantitative estimate of drug-likeness (QED) is 0.385. The fraction of sp³-hybridized carbons (Fsp3) is 0.667. The molecular formula is C6H13NO2. The normalized spacial score (nSPS) is 9.00. The maximum absolute atomic E-state index is 8.30. The van der Waals surface area contributed by atoms with Gasteiger partial charge in [0.25, 0.3) is 0 Å². The third-order valence-corrected chi connectivity index (χ3v) is 0.803. The van der Waals surface area contributed by atoms with Crippen LogP contribution in [0.2, 0.25) is 0 Å². The largest absolute Gasteiger partial charge is 0.500 e. The number of hydrogen-bond donors (Lipinski definition) is 2. The maximum Gasteiger partial charge on any atom is 0.0997 e. The summed E-state index contributed by atoms with van der Waals surface area (Å²) in [5.41, 5.74) is 0. The van der Waals surface area contributed by atoms with Crippen LogP contribution in [0.3, 0.4) is 0 Å². The minimum atomic E-state index is 0.175. The van der Waals surface area contributed by atoms with Crippen molar-refractivity contribution in [2.75, 3.05) is 26.3 Å². The summed E-state index contributed by atoms with van der Waals surface area (Å²) < 4.78 is 4.80. The van der Waals surface area contributed by atoms with Crippen LogP contribution in [0.25, 0.3) is 0 Å². The average molecular weight is 131 g/mol. The Morgan fingerprint density at radius 3 is 2.89 bits per heavy atom. The van der Waals surface area contributed by atoms with Crippen LogP contribution in [-0.2, 0) is 4.74 Å². The molecule has 0 amide bonds. The summed E-state index contributed by atoms with van der Waals surface area (Å²) in [7, 11) is 0. The van der Waals surface area contributed by atoms with Crippen LogP contribution in [-0.4, -0.2) is 31.4 Å². The number of nitrogens with one attached hydrogen (secondary N) is 1. The second-order valence-corrected chi connectivity index (χ2v) is 1.51. The second-order valence-electron chi connectivity index (χ2n) is 1.51. The summed E-state index contributed by atoms with van der Waals surface area (Å²) in [4.78, 5) is 0. The second kappa shape index (κ2) is 7.46. The number of rotatable bonds is 6. The highest BCUT2D eigenvalue weighted by Crippen LogP contribution is 1.69. The Balaban J connectivity index is 2.66. The van der Waals surface area contributed by atoms with E-state index in [-0.39, 0.29) is 6.61 Å². The molecule has 0 atom stereocenters. The van der Waals surface area contributed by atoms with E-state index in [1.165, 1.54) is 6.26 Å². The third-order valence-electron chi connectivity index (χ3n) is 0.803. The smallest absolute Gasteiger partial charge is 0.0997 e. The highest BCUT2D eigenvalue weighted by atomic mass is 16.5. The Bertz CT molecular complexity index is 66.1. The predicted molar refractivity (Wildman–Crippen MR) is 36.1 cm³/mol. The predicted octanol–water partition coefficient (Wildman–Crippen LogP) is -0.272. The fourth-order valence-electron chi connectivity index (χ4n) is 0.418. The third kappa shape index (κ3) is 7.46. The van der Waals surface area contributed by atoms with Crippen molar-refractivity contribution in [2.24, 2.45) is 0 Å². The van der Waals surface area contributed by atoms with Crippen LogP contribution in [0.4, 0.5) is 0 Å². The monoisotopic (exact) mass is 131 g/mol. The molecule has 0 bridgehead atoms. The van der Waals surface area contributed by atoms with Gasteiger partial charge in [0.1, 0.15) is 0 Å². The molecule has 0 saturated heterocycles. The lowest BCUT2D eigenvalue weighted by atomic mass is 10.6. The lowest BCUT2D eigenvalue weighted by Gasteiger charge is -2.00.